The largest absolute Gasteiger partial charge is 0.497 e. The molecule has 0 N–H and O–H groups in total. The van der Waals surface area contributed by atoms with Gasteiger partial charge in [-0.1, -0.05) is 0 Å². The Morgan fingerprint density at radius 2 is 1.96 bits per heavy atom. The summed E-state index contributed by atoms with van der Waals surface area (Å²) in [6.45, 7) is 8.88. The highest BCUT2D eigenvalue weighted by atomic mass is 16.5. The topological polar surface area (TPSA) is 76.4 Å². The maximum atomic E-state index is 12.6. The number of aromatic nitrogens is 4. The molecule has 3 rings (SSSR count). The number of carbonyl (C=O) groups excluding carboxylic acids is 1. The van der Waals surface area contributed by atoms with Gasteiger partial charge < -0.3 is 14.5 Å². The number of nitrogens with zero attached hydrogens (tertiary/aromatic N) is 6. The normalized spacial score (nSPS) is 16.6. The van der Waals surface area contributed by atoms with E-state index in [4.69, 9.17) is 4.74 Å². The van der Waals surface area contributed by atoms with E-state index in [0.29, 0.717) is 26.1 Å². The van der Waals surface area contributed by atoms with Gasteiger partial charge in [0.2, 0.25) is 5.91 Å². The molecule has 8 nitrogen and oxygen atoms in total. The molecule has 8 heteroatoms. The zero-order valence-electron chi connectivity index (χ0n) is 15.8. The van der Waals surface area contributed by atoms with Crippen LogP contribution in [0.1, 0.15) is 26.1 Å². The Hall–Kier alpha value is -2.64. The number of piperazine rings is 1. The van der Waals surface area contributed by atoms with Crippen molar-refractivity contribution in [3.63, 3.8) is 0 Å². The fourth-order valence-electron chi connectivity index (χ4n) is 3.42. The molecule has 1 amide bonds. The number of hydrogen-bond acceptors (Lipinski definition) is 6. The third kappa shape index (κ3) is 3.79. The van der Waals surface area contributed by atoms with Crippen molar-refractivity contribution in [2.75, 3.05) is 31.6 Å². The molecule has 0 radical (unpaired) electrons. The molecule has 0 aliphatic carbocycles. The van der Waals surface area contributed by atoms with Crippen molar-refractivity contribution >= 4 is 11.6 Å². The molecule has 1 saturated heterocycles. The van der Waals surface area contributed by atoms with Crippen LogP contribution >= 0.6 is 0 Å². The molecule has 0 bridgehead atoms. The number of hydrogen-bond donors (Lipinski definition) is 0. The standard InChI is InChI=1S/C18H26N6O2/c1-14-19-20-21-24(14)10-9-17(25)22-11-12-23(18(2,3)13-22)15-5-7-16(26-4)8-6-15/h5-8H,9-13H2,1-4H3. The number of tetrazole rings is 1. The van der Waals surface area contributed by atoms with E-state index < -0.39 is 0 Å². The fraction of sp³-hybridized carbons (Fsp3) is 0.556. The summed E-state index contributed by atoms with van der Waals surface area (Å²) in [7, 11) is 1.67. The highest BCUT2D eigenvalue weighted by Crippen LogP contribution is 2.29. The Labute approximate surface area is 153 Å². The van der Waals surface area contributed by atoms with E-state index in [1.165, 1.54) is 0 Å². The molecule has 0 atom stereocenters. The SMILES string of the molecule is COc1ccc(N2CCN(C(=O)CCn3nnnc3C)CC2(C)C)cc1. The second kappa shape index (κ2) is 7.31. The highest BCUT2D eigenvalue weighted by molar-refractivity contribution is 5.76. The number of anilines is 1. The van der Waals surface area contributed by atoms with Crippen LogP contribution in [0.2, 0.25) is 0 Å². The molecule has 0 unspecified atom stereocenters. The first-order valence-electron chi connectivity index (χ1n) is 8.83. The van der Waals surface area contributed by atoms with E-state index in [2.05, 4.69) is 46.4 Å². The quantitative estimate of drug-likeness (QED) is 0.806. The highest BCUT2D eigenvalue weighted by Gasteiger charge is 2.35. The predicted molar refractivity (Wildman–Crippen MR) is 98.2 cm³/mol. The number of amides is 1. The Bertz CT molecular complexity index is 755. The van der Waals surface area contributed by atoms with E-state index in [1.807, 2.05) is 24.0 Å². The van der Waals surface area contributed by atoms with Crippen molar-refractivity contribution in [2.45, 2.75) is 39.3 Å². The summed E-state index contributed by atoms with van der Waals surface area (Å²) in [5.74, 6) is 1.71. The number of benzene rings is 1. The number of aryl methyl sites for hydroxylation is 2. The van der Waals surface area contributed by atoms with Gasteiger partial charge in [-0.3, -0.25) is 4.79 Å². The zero-order chi connectivity index (χ0) is 18.7. The van der Waals surface area contributed by atoms with Gasteiger partial charge in [0.1, 0.15) is 11.6 Å². The Morgan fingerprint density at radius 1 is 1.23 bits per heavy atom. The third-order valence-corrected chi connectivity index (χ3v) is 4.89. The third-order valence-electron chi connectivity index (χ3n) is 4.89. The van der Waals surface area contributed by atoms with Crippen molar-refractivity contribution < 1.29 is 9.53 Å². The van der Waals surface area contributed by atoms with Gasteiger partial charge in [0.25, 0.3) is 0 Å². The minimum atomic E-state index is -0.146. The maximum Gasteiger partial charge on any atom is 0.224 e. The van der Waals surface area contributed by atoms with Crippen LogP contribution in [0.25, 0.3) is 0 Å². The summed E-state index contributed by atoms with van der Waals surface area (Å²) in [6.07, 6.45) is 0.407. The minimum Gasteiger partial charge on any atom is -0.497 e. The molecule has 1 fully saturated rings. The zero-order valence-corrected chi connectivity index (χ0v) is 15.8. The summed E-state index contributed by atoms with van der Waals surface area (Å²) < 4.78 is 6.90. The molecular weight excluding hydrogens is 332 g/mol. The van der Waals surface area contributed by atoms with Crippen molar-refractivity contribution in [1.82, 2.24) is 25.1 Å². The molecule has 1 aromatic carbocycles. The van der Waals surface area contributed by atoms with Crippen LogP contribution in [0.5, 0.6) is 5.75 Å². The van der Waals surface area contributed by atoms with Crippen molar-refractivity contribution in [3.05, 3.63) is 30.1 Å². The van der Waals surface area contributed by atoms with E-state index >= 15 is 0 Å². The van der Waals surface area contributed by atoms with E-state index in [0.717, 1.165) is 23.8 Å². The number of carbonyl (C=O) groups is 1. The van der Waals surface area contributed by atoms with Crippen molar-refractivity contribution in [1.29, 1.82) is 0 Å². The van der Waals surface area contributed by atoms with Gasteiger partial charge in [0.15, 0.2) is 0 Å². The summed E-state index contributed by atoms with van der Waals surface area (Å²) in [5.41, 5.74) is 1.000. The molecule has 0 saturated carbocycles. The number of rotatable bonds is 5. The Morgan fingerprint density at radius 3 is 2.54 bits per heavy atom. The van der Waals surface area contributed by atoms with E-state index in [-0.39, 0.29) is 11.4 Å². The first-order chi connectivity index (χ1) is 12.4. The average Bonchev–Trinajstić information content (AvgIpc) is 3.04. The Balaban J connectivity index is 1.62. The van der Waals surface area contributed by atoms with Gasteiger partial charge in [-0.05, 0) is 55.5 Å². The van der Waals surface area contributed by atoms with Gasteiger partial charge in [-0.25, -0.2) is 4.68 Å². The van der Waals surface area contributed by atoms with Crippen LogP contribution in [0.4, 0.5) is 5.69 Å². The first kappa shape index (κ1) is 18.2. The van der Waals surface area contributed by atoms with Crippen LogP contribution in [0.15, 0.2) is 24.3 Å². The molecule has 1 aromatic heterocycles. The van der Waals surface area contributed by atoms with Gasteiger partial charge in [-0.2, -0.15) is 0 Å². The van der Waals surface area contributed by atoms with E-state index in [1.54, 1.807) is 11.8 Å². The van der Waals surface area contributed by atoms with Crippen molar-refractivity contribution in [2.24, 2.45) is 0 Å². The second-order valence-corrected chi connectivity index (χ2v) is 7.18. The molecule has 140 valence electrons. The van der Waals surface area contributed by atoms with Crippen LogP contribution in [0.3, 0.4) is 0 Å². The Kier molecular flexibility index (Phi) is 5.11. The molecular formula is C18H26N6O2. The second-order valence-electron chi connectivity index (χ2n) is 7.18. The average molecular weight is 358 g/mol. The number of ether oxygens (including phenoxy) is 1. The maximum absolute atomic E-state index is 12.6. The molecule has 1 aliphatic heterocycles. The number of methoxy groups -OCH3 is 1. The lowest BCUT2D eigenvalue weighted by atomic mass is 9.97. The van der Waals surface area contributed by atoms with Gasteiger partial charge in [0.05, 0.1) is 19.2 Å². The summed E-state index contributed by atoms with van der Waals surface area (Å²) >= 11 is 0. The van der Waals surface area contributed by atoms with Crippen molar-refractivity contribution in [3.8, 4) is 5.75 Å². The van der Waals surface area contributed by atoms with Crippen LogP contribution in [-0.2, 0) is 11.3 Å². The summed E-state index contributed by atoms with van der Waals surface area (Å²) in [5, 5.41) is 11.4. The smallest absolute Gasteiger partial charge is 0.224 e. The molecule has 1 aliphatic rings. The predicted octanol–water partition coefficient (Wildman–Crippen LogP) is 1.51. The van der Waals surface area contributed by atoms with Crippen LogP contribution in [-0.4, -0.2) is 63.3 Å². The molecule has 26 heavy (non-hydrogen) atoms. The molecule has 0 spiro atoms. The lowest BCUT2D eigenvalue weighted by Gasteiger charge is -2.48. The van der Waals surface area contributed by atoms with Crippen LogP contribution < -0.4 is 9.64 Å². The minimum absolute atomic E-state index is 0.141. The lowest BCUT2D eigenvalue weighted by molar-refractivity contribution is -0.133. The first-order valence-corrected chi connectivity index (χ1v) is 8.83. The lowest BCUT2D eigenvalue weighted by Crippen LogP contribution is -2.60. The van der Waals surface area contributed by atoms with E-state index in [9.17, 15) is 4.79 Å². The molecule has 2 aromatic rings. The van der Waals surface area contributed by atoms with Gasteiger partial charge in [0, 0.05) is 31.7 Å². The fourth-order valence-corrected chi connectivity index (χ4v) is 3.42. The van der Waals surface area contributed by atoms with Crippen LogP contribution in [0, 0.1) is 6.92 Å². The monoisotopic (exact) mass is 358 g/mol. The van der Waals surface area contributed by atoms with Gasteiger partial charge >= 0.3 is 0 Å². The summed E-state index contributed by atoms with van der Waals surface area (Å²) in [4.78, 5) is 16.9. The molecule has 2 heterocycles. The van der Waals surface area contributed by atoms with Gasteiger partial charge in [-0.15, -0.1) is 5.10 Å². The summed E-state index contributed by atoms with van der Waals surface area (Å²) in [6, 6.07) is 8.08.